The Bertz CT molecular complexity index is 634. The maximum absolute atomic E-state index is 12.9. The number of carbonyl (C=O) groups excluding carboxylic acids is 2. The molecule has 1 aromatic carbocycles. The zero-order chi connectivity index (χ0) is 17.7. The first kappa shape index (κ1) is 17.8. The summed E-state index contributed by atoms with van der Waals surface area (Å²) < 4.78 is 43.9. The summed E-state index contributed by atoms with van der Waals surface area (Å²) >= 11 is 0. The van der Waals surface area contributed by atoms with E-state index in [1.165, 1.54) is 6.08 Å². The van der Waals surface area contributed by atoms with E-state index in [0.29, 0.717) is 6.42 Å². The van der Waals surface area contributed by atoms with Crippen molar-refractivity contribution >= 4 is 11.8 Å². The lowest BCUT2D eigenvalue weighted by Crippen LogP contribution is -2.47. The van der Waals surface area contributed by atoms with Crippen LogP contribution in [0.4, 0.5) is 13.2 Å². The van der Waals surface area contributed by atoms with E-state index in [9.17, 15) is 22.8 Å². The molecule has 5 nitrogen and oxygen atoms in total. The van der Waals surface area contributed by atoms with E-state index in [1.54, 1.807) is 0 Å². The number of ether oxygens (including phenoxy) is 1. The molecule has 2 rings (SSSR count). The van der Waals surface area contributed by atoms with Crippen LogP contribution in [0, 0.1) is 0 Å². The van der Waals surface area contributed by atoms with Crippen molar-refractivity contribution in [3.05, 3.63) is 42.0 Å². The quantitative estimate of drug-likeness (QED) is 0.807. The van der Waals surface area contributed by atoms with E-state index in [1.807, 2.05) is 0 Å². The van der Waals surface area contributed by atoms with Gasteiger partial charge in [0.15, 0.2) is 0 Å². The molecule has 0 unspecified atom stereocenters. The number of hydrogen-bond donors (Lipinski definition) is 2. The summed E-state index contributed by atoms with van der Waals surface area (Å²) in [7, 11) is 0. The van der Waals surface area contributed by atoms with Crippen LogP contribution in [0.3, 0.4) is 0 Å². The van der Waals surface area contributed by atoms with Gasteiger partial charge in [0.25, 0.3) is 5.91 Å². The minimum Gasteiger partial charge on any atom is -0.489 e. The van der Waals surface area contributed by atoms with Crippen molar-refractivity contribution in [1.29, 1.82) is 0 Å². The Morgan fingerprint density at radius 2 is 2.21 bits per heavy atom. The minimum absolute atomic E-state index is 0.0419. The third-order valence-electron chi connectivity index (χ3n) is 3.51. The molecule has 0 aliphatic carbocycles. The third-order valence-corrected chi connectivity index (χ3v) is 3.51. The zero-order valence-corrected chi connectivity index (χ0v) is 12.8. The number of rotatable bonds is 5. The summed E-state index contributed by atoms with van der Waals surface area (Å²) in [6.45, 7) is 3.77. The Labute approximate surface area is 136 Å². The van der Waals surface area contributed by atoms with Gasteiger partial charge in [-0.15, -0.1) is 0 Å². The van der Waals surface area contributed by atoms with Gasteiger partial charge < -0.3 is 15.4 Å². The largest absolute Gasteiger partial charge is 0.489 e. The molecule has 1 fully saturated rings. The van der Waals surface area contributed by atoms with Crippen molar-refractivity contribution in [2.24, 2.45) is 0 Å². The second-order valence-corrected chi connectivity index (χ2v) is 5.32. The smallest absolute Gasteiger partial charge is 0.416 e. The van der Waals surface area contributed by atoms with Crippen molar-refractivity contribution in [3.63, 3.8) is 0 Å². The minimum atomic E-state index is -4.56. The number of alkyl halides is 3. The Morgan fingerprint density at radius 3 is 2.79 bits per heavy atom. The summed E-state index contributed by atoms with van der Waals surface area (Å²) in [4.78, 5) is 23.5. The van der Waals surface area contributed by atoms with Gasteiger partial charge in [-0.25, -0.2) is 0 Å². The Morgan fingerprint density at radius 1 is 1.46 bits per heavy atom. The molecule has 2 N–H and O–H groups in total. The molecule has 24 heavy (non-hydrogen) atoms. The fraction of sp³-hybridized carbons (Fsp3) is 0.375. The van der Waals surface area contributed by atoms with E-state index < -0.39 is 17.6 Å². The number of amides is 2. The lowest BCUT2D eigenvalue weighted by atomic mass is 10.0. The van der Waals surface area contributed by atoms with Crippen LogP contribution in [-0.2, 0) is 11.0 Å². The van der Waals surface area contributed by atoms with Crippen LogP contribution in [-0.4, -0.2) is 31.0 Å². The van der Waals surface area contributed by atoms with Crippen LogP contribution in [0.1, 0.15) is 28.8 Å². The number of carbonyl (C=O) groups is 2. The van der Waals surface area contributed by atoms with Crippen LogP contribution in [0.15, 0.2) is 30.9 Å². The number of benzene rings is 1. The highest BCUT2D eigenvalue weighted by Crippen LogP contribution is 2.32. The van der Waals surface area contributed by atoms with Gasteiger partial charge >= 0.3 is 6.18 Å². The molecule has 0 radical (unpaired) electrons. The van der Waals surface area contributed by atoms with Crippen LogP contribution < -0.4 is 15.4 Å². The van der Waals surface area contributed by atoms with Gasteiger partial charge in [0, 0.05) is 19.0 Å². The van der Waals surface area contributed by atoms with E-state index in [-0.39, 0.29) is 42.8 Å². The number of hydrogen-bond acceptors (Lipinski definition) is 3. The fourth-order valence-electron chi connectivity index (χ4n) is 2.28. The molecule has 1 saturated heterocycles. The molecule has 0 aromatic heterocycles. The van der Waals surface area contributed by atoms with Gasteiger partial charge in [-0.1, -0.05) is 12.7 Å². The standard InChI is InChI=1S/C16H17F3N2O3/c1-2-7-24-13-5-3-10(16(17,18)19)8-12(13)15(23)21-11-4-6-14(22)20-9-11/h2-3,5,8,11H,1,4,6-7,9H2,(H,20,22)(H,21,23)/t11-/m0/s1. The average molecular weight is 342 g/mol. The SMILES string of the molecule is C=CCOc1ccc(C(F)(F)F)cc1C(=O)N[C@H]1CCC(=O)NC1. The highest BCUT2D eigenvalue weighted by Gasteiger charge is 2.32. The summed E-state index contributed by atoms with van der Waals surface area (Å²) in [5, 5.41) is 5.22. The molecule has 1 aliphatic rings. The lowest BCUT2D eigenvalue weighted by Gasteiger charge is -2.24. The molecule has 130 valence electrons. The first-order valence-electron chi connectivity index (χ1n) is 7.33. The lowest BCUT2D eigenvalue weighted by molar-refractivity contribution is -0.137. The predicted octanol–water partition coefficient (Wildman–Crippen LogP) is 2.28. The van der Waals surface area contributed by atoms with Gasteiger partial charge in [0.2, 0.25) is 5.91 Å². The van der Waals surface area contributed by atoms with Crippen LogP contribution in [0.2, 0.25) is 0 Å². The molecular weight excluding hydrogens is 325 g/mol. The number of halogens is 3. The van der Waals surface area contributed by atoms with Crippen LogP contribution in [0.25, 0.3) is 0 Å². The van der Waals surface area contributed by atoms with Gasteiger partial charge in [0.05, 0.1) is 11.1 Å². The molecule has 1 heterocycles. The highest BCUT2D eigenvalue weighted by atomic mass is 19.4. The number of piperidine rings is 1. The summed E-state index contributed by atoms with van der Waals surface area (Å²) in [5.74, 6) is -0.754. The Hall–Kier alpha value is -2.51. The predicted molar refractivity (Wildman–Crippen MR) is 80.6 cm³/mol. The van der Waals surface area contributed by atoms with E-state index >= 15 is 0 Å². The fourth-order valence-corrected chi connectivity index (χ4v) is 2.28. The first-order chi connectivity index (χ1) is 11.3. The van der Waals surface area contributed by atoms with Gasteiger partial charge in [-0.05, 0) is 24.6 Å². The van der Waals surface area contributed by atoms with Crippen molar-refractivity contribution in [3.8, 4) is 5.75 Å². The Kier molecular flexibility index (Phi) is 5.48. The molecule has 1 atom stereocenters. The van der Waals surface area contributed by atoms with Crippen LogP contribution in [0.5, 0.6) is 5.75 Å². The van der Waals surface area contributed by atoms with Crippen molar-refractivity contribution in [2.75, 3.05) is 13.2 Å². The van der Waals surface area contributed by atoms with Crippen molar-refractivity contribution < 1.29 is 27.5 Å². The molecular formula is C16H17F3N2O3. The van der Waals surface area contributed by atoms with Crippen molar-refractivity contribution in [1.82, 2.24) is 10.6 Å². The maximum atomic E-state index is 12.9. The van der Waals surface area contributed by atoms with Crippen LogP contribution >= 0.6 is 0 Å². The molecule has 2 amide bonds. The average Bonchev–Trinajstić information content (AvgIpc) is 2.54. The first-order valence-corrected chi connectivity index (χ1v) is 7.33. The van der Waals surface area contributed by atoms with Gasteiger partial charge in [0.1, 0.15) is 12.4 Å². The third kappa shape index (κ3) is 4.50. The van der Waals surface area contributed by atoms with Gasteiger partial charge in [-0.3, -0.25) is 9.59 Å². The number of nitrogens with one attached hydrogen (secondary N) is 2. The molecule has 0 bridgehead atoms. The second kappa shape index (κ2) is 7.37. The summed E-state index contributed by atoms with van der Waals surface area (Å²) in [6, 6.07) is 2.40. The summed E-state index contributed by atoms with van der Waals surface area (Å²) in [6.07, 6.45) is -2.45. The van der Waals surface area contributed by atoms with Crippen molar-refractivity contribution in [2.45, 2.75) is 25.1 Å². The van der Waals surface area contributed by atoms with E-state index in [0.717, 1.165) is 18.2 Å². The van der Waals surface area contributed by atoms with E-state index in [2.05, 4.69) is 17.2 Å². The normalized spacial score (nSPS) is 17.8. The molecule has 0 spiro atoms. The Balaban J connectivity index is 2.21. The molecule has 0 saturated carbocycles. The molecule has 1 aromatic rings. The second-order valence-electron chi connectivity index (χ2n) is 5.32. The monoisotopic (exact) mass is 342 g/mol. The maximum Gasteiger partial charge on any atom is 0.416 e. The molecule has 1 aliphatic heterocycles. The van der Waals surface area contributed by atoms with Gasteiger partial charge in [-0.2, -0.15) is 13.2 Å². The van der Waals surface area contributed by atoms with E-state index in [4.69, 9.17) is 4.74 Å². The zero-order valence-electron chi connectivity index (χ0n) is 12.8. The topological polar surface area (TPSA) is 67.4 Å². The highest BCUT2D eigenvalue weighted by molar-refractivity contribution is 5.97. The summed E-state index contributed by atoms with van der Waals surface area (Å²) in [5.41, 5.74) is -1.14. The molecule has 8 heteroatoms.